The summed E-state index contributed by atoms with van der Waals surface area (Å²) in [5, 5.41) is 6.93. The molecule has 0 spiro atoms. The molecule has 0 bridgehead atoms. The van der Waals surface area contributed by atoms with Crippen molar-refractivity contribution < 1.29 is 18.7 Å². The van der Waals surface area contributed by atoms with Crippen LogP contribution >= 0.6 is 0 Å². The lowest BCUT2D eigenvalue weighted by Gasteiger charge is -2.14. The van der Waals surface area contributed by atoms with E-state index >= 15 is 0 Å². The normalized spacial score (nSPS) is 14.5. The van der Waals surface area contributed by atoms with Crippen molar-refractivity contribution in [2.75, 3.05) is 11.9 Å². The number of ether oxygens (including phenoxy) is 1. The molecular weight excluding hydrogens is 313 g/mol. The van der Waals surface area contributed by atoms with Gasteiger partial charge >= 0.3 is 5.97 Å². The van der Waals surface area contributed by atoms with Crippen LogP contribution in [0.1, 0.15) is 42.1 Å². The second-order valence-corrected chi connectivity index (χ2v) is 5.70. The van der Waals surface area contributed by atoms with Gasteiger partial charge in [0.25, 0.3) is 5.91 Å². The third-order valence-electron chi connectivity index (χ3n) is 4.04. The molecule has 0 atom stereocenters. The van der Waals surface area contributed by atoms with Gasteiger partial charge < -0.3 is 10.1 Å². The Morgan fingerprint density at radius 2 is 2.00 bits per heavy atom. The lowest BCUT2D eigenvalue weighted by Crippen LogP contribution is -2.23. The van der Waals surface area contributed by atoms with Crippen molar-refractivity contribution in [1.29, 1.82) is 0 Å². The molecule has 0 saturated heterocycles. The summed E-state index contributed by atoms with van der Waals surface area (Å²) in [5.74, 6) is -1.46. The lowest BCUT2D eigenvalue weighted by molar-refractivity contribution is -0.119. The van der Waals surface area contributed by atoms with Crippen LogP contribution in [0.5, 0.6) is 0 Å². The third-order valence-corrected chi connectivity index (χ3v) is 4.04. The summed E-state index contributed by atoms with van der Waals surface area (Å²) in [4.78, 5) is 23.8. The first kappa shape index (κ1) is 16.2. The number of aromatic nitrogens is 2. The number of hydrogen-bond donors (Lipinski definition) is 1. The number of amides is 1. The number of rotatable bonds is 5. The Morgan fingerprint density at radius 1 is 1.25 bits per heavy atom. The first-order chi connectivity index (χ1) is 11.6. The molecule has 1 fully saturated rings. The van der Waals surface area contributed by atoms with Gasteiger partial charge in [-0.25, -0.2) is 13.9 Å². The highest BCUT2D eigenvalue weighted by Crippen LogP contribution is 2.31. The molecule has 1 aromatic heterocycles. The molecule has 1 amide bonds. The van der Waals surface area contributed by atoms with Gasteiger partial charge in [0.15, 0.2) is 6.61 Å². The van der Waals surface area contributed by atoms with Crippen LogP contribution in [-0.4, -0.2) is 28.3 Å². The van der Waals surface area contributed by atoms with Crippen LogP contribution in [0.15, 0.2) is 36.5 Å². The Kier molecular flexibility index (Phi) is 4.88. The van der Waals surface area contributed by atoms with E-state index in [0.29, 0.717) is 5.82 Å². The van der Waals surface area contributed by atoms with E-state index in [0.717, 1.165) is 31.7 Å². The topological polar surface area (TPSA) is 73.2 Å². The molecule has 1 aliphatic carbocycles. The monoisotopic (exact) mass is 331 g/mol. The van der Waals surface area contributed by atoms with Gasteiger partial charge in [0.2, 0.25) is 0 Å². The van der Waals surface area contributed by atoms with Crippen LogP contribution in [0.3, 0.4) is 0 Å². The number of benzene rings is 1. The molecule has 2 aromatic rings. The molecule has 1 aliphatic rings. The van der Waals surface area contributed by atoms with Gasteiger partial charge in [-0.2, -0.15) is 5.10 Å². The molecule has 1 saturated carbocycles. The second kappa shape index (κ2) is 7.25. The maximum Gasteiger partial charge on any atom is 0.341 e. The van der Waals surface area contributed by atoms with Crippen molar-refractivity contribution in [2.24, 2.45) is 0 Å². The summed E-state index contributed by atoms with van der Waals surface area (Å²) in [7, 11) is 0. The van der Waals surface area contributed by atoms with E-state index in [1.807, 2.05) is 0 Å². The van der Waals surface area contributed by atoms with Crippen LogP contribution in [0.25, 0.3) is 0 Å². The van der Waals surface area contributed by atoms with E-state index in [1.165, 1.54) is 18.2 Å². The molecule has 0 aliphatic heterocycles. The van der Waals surface area contributed by atoms with Crippen molar-refractivity contribution in [1.82, 2.24) is 9.78 Å². The fraction of sp³-hybridized carbons (Fsp3) is 0.353. The molecule has 1 aromatic carbocycles. The van der Waals surface area contributed by atoms with Crippen molar-refractivity contribution in [3.8, 4) is 0 Å². The van der Waals surface area contributed by atoms with Crippen LogP contribution < -0.4 is 5.32 Å². The lowest BCUT2D eigenvalue weighted by atomic mass is 10.2. The number of hydrogen-bond acceptors (Lipinski definition) is 4. The first-order valence-electron chi connectivity index (χ1n) is 7.90. The zero-order valence-electron chi connectivity index (χ0n) is 13.1. The molecule has 1 heterocycles. The maximum absolute atomic E-state index is 13.5. The van der Waals surface area contributed by atoms with Gasteiger partial charge in [-0.05, 0) is 25.0 Å². The van der Waals surface area contributed by atoms with E-state index in [2.05, 4.69) is 10.4 Å². The smallest absolute Gasteiger partial charge is 0.341 e. The SMILES string of the molecule is O=C(COC(=O)c1ccccc1F)Nc1ccnn1C1CCCC1. The summed E-state index contributed by atoms with van der Waals surface area (Å²) in [6.45, 7) is -0.483. The van der Waals surface area contributed by atoms with Crippen LogP contribution in [-0.2, 0) is 9.53 Å². The minimum atomic E-state index is -0.868. The first-order valence-corrected chi connectivity index (χ1v) is 7.90. The zero-order chi connectivity index (χ0) is 16.9. The standard InChI is InChI=1S/C17H18FN3O3/c18-14-8-4-3-7-13(14)17(23)24-11-16(22)20-15-9-10-19-21(15)12-5-1-2-6-12/h3-4,7-10,12H,1-2,5-6,11H2,(H,20,22). The highest BCUT2D eigenvalue weighted by atomic mass is 19.1. The number of carbonyl (C=O) groups is 2. The minimum absolute atomic E-state index is 0.193. The number of nitrogens with one attached hydrogen (secondary N) is 1. The Morgan fingerprint density at radius 3 is 2.75 bits per heavy atom. The summed E-state index contributed by atoms with van der Waals surface area (Å²) < 4.78 is 20.1. The Balaban J connectivity index is 1.56. The van der Waals surface area contributed by atoms with Gasteiger partial charge in [-0.1, -0.05) is 25.0 Å². The zero-order valence-corrected chi connectivity index (χ0v) is 13.1. The quantitative estimate of drug-likeness (QED) is 0.855. The van der Waals surface area contributed by atoms with Gasteiger partial charge in [-0.15, -0.1) is 0 Å². The van der Waals surface area contributed by atoms with Crippen molar-refractivity contribution in [2.45, 2.75) is 31.7 Å². The Hall–Kier alpha value is -2.70. The number of esters is 1. The van der Waals surface area contributed by atoms with Gasteiger partial charge in [0, 0.05) is 6.07 Å². The highest BCUT2D eigenvalue weighted by molar-refractivity contribution is 5.95. The molecule has 1 N–H and O–H groups in total. The van der Waals surface area contributed by atoms with Gasteiger partial charge in [-0.3, -0.25) is 4.79 Å². The molecule has 126 valence electrons. The van der Waals surface area contributed by atoms with E-state index in [9.17, 15) is 14.0 Å². The van der Waals surface area contributed by atoms with Gasteiger partial charge in [0.1, 0.15) is 11.6 Å². The Bertz CT molecular complexity index is 738. The predicted octanol–water partition coefficient (Wildman–Crippen LogP) is 2.93. The van der Waals surface area contributed by atoms with E-state index in [-0.39, 0.29) is 11.6 Å². The van der Waals surface area contributed by atoms with Crippen molar-refractivity contribution in [3.63, 3.8) is 0 Å². The van der Waals surface area contributed by atoms with Crippen LogP contribution in [0.4, 0.5) is 10.2 Å². The number of carbonyl (C=O) groups excluding carboxylic acids is 2. The number of nitrogens with zero attached hydrogens (tertiary/aromatic N) is 2. The van der Waals surface area contributed by atoms with E-state index < -0.39 is 24.3 Å². The fourth-order valence-electron chi connectivity index (χ4n) is 2.87. The predicted molar refractivity (Wildman–Crippen MR) is 85.0 cm³/mol. The van der Waals surface area contributed by atoms with E-state index in [1.54, 1.807) is 16.9 Å². The maximum atomic E-state index is 13.5. The third kappa shape index (κ3) is 3.61. The number of halogens is 1. The molecule has 3 rings (SSSR count). The fourth-order valence-corrected chi connectivity index (χ4v) is 2.87. The summed E-state index contributed by atoms with van der Waals surface area (Å²) in [6, 6.07) is 7.47. The molecule has 7 heteroatoms. The largest absolute Gasteiger partial charge is 0.452 e. The van der Waals surface area contributed by atoms with Crippen molar-refractivity contribution >= 4 is 17.7 Å². The van der Waals surface area contributed by atoms with E-state index in [4.69, 9.17) is 4.74 Å². The molecule has 0 unspecified atom stereocenters. The molecular formula is C17H18FN3O3. The molecule has 0 radical (unpaired) electrons. The van der Waals surface area contributed by atoms with Gasteiger partial charge in [0.05, 0.1) is 17.8 Å². The average Bonchev–Trinajstić information content (AvgIpc) is 3.24. The molecule has 24 heavy (non-hydrogen) atoms. The van der Waals surface area contributed by atoms with Crippen LogP contribution in [0.2, 0.25) is 0 Å². The number of anilines is 1. The van der Waals surface area contributed by atoms with Crippen molar-refractivity contribution in [3.05, 3.63) is 47.9 Å². The van der Waals surface area contributed by atoms with Crippen LogP contribution in [0, 0.1) is 5.82 Å². The second-order valence-electron chi connectivity index (χ2n) is 5.70. The average molecular weight is 331 g/mol. The summed E-state index contributed by atoms with van der Waals surface area (Å²) in [5.41, 5.74) is -0.193. The molecule has 6 nitrogen and oxygen atoms in total. The summed E-state index contributed by atoms with van der Waals surface area (Å²) in [6.07, 6.45) is 6.00. The Labute approximate surface area is 138 Å². The summed E-state index contributed by atoms with van der Waals surface area (Å²) >= 11 is 0. The minimum Gasteiger partial charge on any atom is -0.452 e. The highest BCUT2D eigenvalue weighted by Gasteiger charge is 2.21.